The molecule has 2 aromatic heterocycles. The molecule has 0 aliphatic carbocycles. The van der Waals surface area contributed by atoms with Gasteiger partial charge in [-0.05, 0) is 74.1 Å². The molecule has 0 fully saturated rings. The fourth-order valence-electron chi connectivity index (χ4n) is 4.29. The van der Waals surface area contributed by atoms with E-state index in [0.717, 1.165) is 45.8 Å². The van der Waals surface area contributed by atoms with Crippen LogP contribution in [0.15, 0.2) is 69.9 Å². The summed E-state index contributed by atoms with van der Waals surface area (Å²) in [5, 5.41) is 3.30. The average molecular weight is 522 g/mol. The zero-order valence-corrected chi connectivity index (χ0v) is 22.1. The van der Waals surface area contributed by atoms with Crippen molar-refractivity contribution in [1.82, 2.24) is 9.88 Å². The molecule has 0 spiro atoms. The molecule has 8 heteroatoms. The molecular formula is C28H28ClN3O3S. The molecule has 0 atom stereocenters. The van der Waals surface area contributed by atoms with Gasteiger partial charge in [-0.15, -0.1) is 12.4 Å². The first-order valence-electron chi connectivity index (χ1n) is 11.8. The van der Waals surface area contributed by atoms with Gasteiger partial charge < -0.3 is 9.32 Å². The van der Waals surface area contributed by atoms with Crippen molar-refractivity contribution in [2.24, 2.45) is 0 Å². The third kappa shape index (κ3) is 5.00. The number of carbonyl (C=O) groups is 1. The number of hydrogen-bond donors (Lipinski definition) is 0. The van der Waals surface area contributed by atoms with E-state index >= 15 is 0 Å². The van der Waals surface area contributed by atoms with Crippen LogP contribution < -0.4 is 10.5 Å². The number of fused-ring (bicyclic) bond motifs is 4. The summed E-state index contributed by atoms with van der Waals surface area (Å²) < 4.78 is 6.64. The van der Waals surface area contributed by atoms with Gasteiger partial charge in [0.05, 0.1) is 10.2 Å². The second kappa shape index (κ2) is 10.8. The molecule has 0 unspecified atom stereocenters. The van der Waals surface area contributed by atoms with Crippen LogP contribution in [0.1, 0.15) is 29.3 Å². The number of rotatable bonds is 7. The third-order valence-corrected chi connectivity index (χ3v) is 7.23. The molecule has 0 bridgehead atoms. The smallest absolute Gasteiger partial charge is 0.349 e. The number of benzene rings is 3. The Morgan fingerprint density at radius 2 is 1.81 bits per heavy atom. The molecule has 0 radical (unpaired) electrons. The monoisotopic (exact) mass is 521 g/mol. The van der Waals surface area contributed by atoms with Crippen molar-refractivity contribution >= 4 is 66.7 Å². The van der Waals surface area contributed by atoms with E-state index in [1.54, 1.807) is 17.0 Å². The SMILES string of the molecule is CCc1ccc2nc(N(CCCN(C)C)C(=O)c3cc4c(ccc5ccccc54)oc3=O)sc2c1.Cl. The molecule has 2 heterocycles. The molecule has 0 saturated carbocycles. The summed E-state index contributed by atoms with van der Waals surface area (Å²) in [6.45, 7) is 3.37. The Hall–Kier alpha value is -3.26. The highest BCUT2D eigenvalue weighted by Crippen LogP contribution is 2.31. The Bertz CT molecular complexity index is 1610. The number of aryl methyl sites for hydroxylation is 1. The van der Waals surface area contributed by atoms with Gasteiger partial charge in [0.15, 0.2) is 5.13 Å². The Morgan fingerprint density at radius 3 is 2.58 bits per heavy atom. The van der Waals surface area contributed by atoms with Gasteiger partial charge in [-0.2, -0.15) is 0 Å². The number of anilines is 1. The van der Waals surface area contributed by atoms with Crippen LogP contribution in [0.2, 0.25) is 0 Å². The maximum atomic E-state index is 13.8. The van der Waals surface area contributed by atoms with Crippen molar-refractivity contribution < 1.29 is 9.21 Å². The van der Waals surface area contributed by atoms with Crippen molar-refractivity contribution in [3.05, 3.63) is 82.2 Å². The number of thiazole rings is 1. The normalized spacial score (nSPS) is 11.3. The van der Waals surface area contributed by atoms with Crippen LogP contribution in [0.5, 0.6) is 0 Å². The summed E-state index contributed by atoms with van der Waals surface area (Å²) in [7, 11) is 4.00. The number of nitrogens with zero attached hydrogens (tertiary/aromatic N) is 3. The van der Waals surface area contributed by atoms with E-state index < -0.39 is 5.63 Å². The quantitative estimate of drug-likeness (QED) is 0.190. The number of hydrogen-bond acceptors (Lipinski definition) is 6. The lowest BCUT2D eigenvalue weighted by Gasteiger charge is -2.20. The molecule has 5 aromatic rings. The zero-order valence-electron chi connectivity index (χ0n) is 20.5. The predicted octanol–water partition coefficient (Wildman–Crippen LogP) is 6.14. The van der Waals surface area contributed by atoms with E-state index in [4.69, 9.17) is 9.40 Å². The highest BCUT2D eigenvalue weighted by Gasteiger charge is 2.25. The van der Waals surface area contributed by atoms with Crippen molar-refractivity contribution in [3.63, 3.8) is 0 Å². The molecule has 6 nitrogen and oxygen atoms in total. The first kappa shape index (κ1) is 25.8. The minimum Gasteiger partial charge on any atom is -0.422 e. The Morgan fingerprint density at radius 1 is 1.00 bits per heavy atom. The minimum atomic E-state index is -0.634. The maximum Gasteiger partial charge on any atom is 0.349 e. The molecule has 0 aliphatic heterocycles. The Kier molecular flexibility index (Phi) is 7.73. The lowest BCUT2D eigenvalue weighted by molar-refractivity contribution is 0.0982. The van der Waals surface area contributed by atoms with E-state index in [0.29, 0.717) is 17.3 Å². The lowest BCUT2D eigenvalue weighted by atomic mass is 10.0. The molecule has 0 saturated heterocycles. The van der Waals surface area contributed by atoms with E-state index in [1.807, 2.05) is 50.5 Å². The summed E-state index contributed by atoms with van der Waals surface area (Å²) in [6, 6.07) is 19.4. The van der Waals surface area contributed by atoms with Gasteiger partial charge in [0.25, 0.3) is 5.91 Å². The van der Waals surface area contributed by atoms with Gasteiger partial charge in [0, 0.05) is 11.9 Å². The highest BCUT2D eigenvalue weighted by molar-refractivity contribution is 7.22. The summed E-state index contributed by atoms with van der Waals surface area (Å²) in [5.41, 5.74) is 1.93. The van der Waals surface area contributed by atoms with Crippen molar-refractivity contribution in [3.8, 4) is 0 Å². The van der Waals surface area contributed by atoms with Crippen LogP contribution in [0.4, 0.5) is 5.13 Å². The van der Waals surface area contributed by atoms with E-state index in [-0.39, 0.29) is 23.9 Å². The summed E-state index contributed by atoms with van der Waals surface area (Å²) in [5.74, 6) is -0.387. The van der Waals surface area contributed by atoms with E-state index in [1.165, 1.54) is 16.9 Å². The van der Waals surface area contributed by atoms with E-state index in [9.17, 15) is 9.59 Å². The van der Waals surface area contributed by atoms with Gasteiger partial charge in [-0.3, -0.25) is 9.69 Å². The fraction of sp³-hybridized carbons (Fsp3) is 0.250. The first-order valence-corrected chi connectivity index (χ1v) is 12.6. The van der Waals surface area contributed by atoms with Gasteiger partial charge in [-0.1, -0.05) is 54.7 Å². The van der Waals surface area contributed by atoms with E-state index in [2.05, 4.69) is 24.0 Å². The van der Waals surface area contributed by atoms with Gasteiger partial charge in [-0.25, -0.2) is 9.78 Å². The molecular weight excluding hydrogens is 494 g/mol. The van der Waals surface area contributed by atoms with Crippen LogP contribution in [-0.2, 0) is 6.42 Å². The number of aromatic nitrogens is 1. The highest BCUT2D eigenvalue weighted by atomic mass is 35.5. The lowest BCUT2D eigenvalue weighted by Crippen LogP contribution is -2.36. The summed E-state index contributed by atoms with van der Waals surface area (Å²) >= 11 is 1.48. The number of carbonyl (C=O) groups excluding carboxylic acids is 1. The molecule has 36 heavy (non-hydrogen) atoms. The zero-order chi connectivity index (χ0) is 24.5. The molecule has 0 aliphatic rings. The standard InChI is InChI=1S/C28H27N3O3S.ClH/c1-4-18-10-12-23-25(16-18)35-28(29-23)31(15-7-14-30(2)3)26(32)22-17-21-20-9-6-5-8-19(20)11-13-24(21)34-27(22)33;/h5-6,8-13,16-17H,4,7,14-15H2,1-3H3;1H. The van der Waals surface area contributed by atoms with Gasteiger partial charge in [0.2, 0.25) is 0 Å². The van der Waals surface area contributed by atoms with Gasteiger partial charge >= 0.3 is 5.63 Å². The maximum absolute atomic E-state index is 13.8. The summed E-state index contributed by atoms with van der Waals surface area (Å²) in [4.78, 5) is 35.2. The molecule has 5 rings (SSSR count). The van der Waals surface area contributed by atoms with Crippen LogP contribution in [0, 0.1) is 0 Å². The minimum absolute atomic E-state index is 0. The number of halogens is 1. The molecule has 3 aromatic carbocycles. The second-order valence-corrected chi connectivity index (χ2v) is 9.92. The third-order valence-electron chi connectivity index (χ3n) is 6.19. The predicted molar refractivity (Wildman–Crippen MR) is 151 cm³/mol. The van der Waals surface area contributed by atoms with Crippen molar-refractivity contribution in [2.45, 2.75) is 19.8 Å². The van der Waals surface area contributed by atoms with Crippen molar-refractivity contribution in [1.29, 1.82) is 0 Å². The topological polar surface area (TPSA) is 66.7 Å². The Balaban J connectivity index is 0.00000304. The summed E-state index contributed by atoms with van der Waals surface area (Å²) in [6.07, 6.45) is 1.68. The second-order valence-electron chi connectivity index (χ2n) is 8.91. The van der Waals surface area contributed by atoms with Crippen LogP contribution in [-0.4, -0.2) is 43.0 Å². The van der Waals surface area contributed by atoms with Crippen LogP contribution >= 0.6 is 23.7 Å². The van der Waals surface area contributed by atoms with Crippen molar-refractivity contribution in [2.75, 3.05) is 32.1 Å². The fourth-order valence-corrected chi connectivity index (χ4v) is 5.34. The molecule has 1 amide bonds. The molecule has 186 valence electrons. The molecule has 0 N–H and O–H groups in total. The number of amides is 1. The van der Waals surface area contributed by atoms with Crippen LogP contribution in [0.3, 0.4) is 0 Å². The first-order chi connectivity index (χ1) is 16.9. The average Bonchev–Trinajstić information content (AvgIpc) is 3.28. The largest absolute Gasteiger partial charge is 0.422 e. The Labute approximate surface area is 219 Å². The van der Waals surface area contributed by atoms with Crippen LogP contribution in [0.25, 0.3) is 32.0 Å². The van der Waals surface area contributed by atoms with Gasteiger partial charge in [0.1, 0.15) is 11.1 Å².